The number of thioether (sulfide) groups is 1. The lowest BCUT2D eigenvalue weighted by atomic mass is 9.90. The highest BCUT2D eigenvalue weighted by atomic mass is 32.2. The fourth-order valence-electron chi connectivity index (χ4n) is 6.38. The molecule has 0 aliphatic carbocycles. The average molecular weight is 568 g/mol. The van der Waals surface area contributed by atoms with Crippen molar-refractivity contribution in [2.75, 3.05) is 11.6 Å². The number of benzene rings is 3. The molecule has 3 aliphatic rings. The second kappa shape index (κ2) is 10.4. The van der Waals surface area contributed by atoms with Crippen LogP contribution in [0.25, 0.3) is 0 Å². The Morgan fingerprint density at radius 1 is 0.976 bits per heavy atom. The largest absolute Gasteiger partial charge is 0.482 e. The lowest BCUT2D eigenvalue weighted by Gasteiger charge is -2.53. The van der Waals surface area contributed by atoms with Gasteiger partial charge in [0, 0.05) is 35.0 Å². The van der Waals surface area contributed by atoms with Crippen LogP contribution in [0.5, 0.6) is 5.75 Å². The van der Waals surface area contributed by atoms with Gasteiger partial charge in [-0.05, 0) is 47.6 Å². The summed E-state index contributed by atoms with van der Waals surface area (Å²) in [4.78, 5) is 30.4. The van der Waals surface area contributed by atoms with Crippen LogP contribution < -0.4 is 15.2 Å². The number of pyridine rings is 1. The lowest BCUT2D eigenvalue weighted by molar-refractivity contribution is 0.0389. The number of carbonyl (C=O) groups is 1. The Labute approximate surface area is 242 Å². The first-order valence-electron chi connectivity index (χ1n) is 14.0. The fraction of sp³-hybridized carbons (Fsp3) is 0.273. The molecule has 6 nitrogen and oxygen atoms in total. The number of piperidine rings is 1. The minimum absolute atomic E-state index is 0.0217. The van der Waals surface area contributed by atoms with Gasteiger partial charge in [-0.1, -0.05) is 67.6 Å². The van der Waals surface area contributed by atoms with Gasteiger partial charge in [-0.3, -0.25) is 19.3 Å². The molecule has 3 atom stereocenters. The molecule has 8 heteroatoms. The monoisotopic (exact) mass is 567 g/mol. The Morgan fingerprint density at radius 2 is 1.78 bits per heavy atom. The molecule has 0 spiro atoms. The maximum Gasteiger partial charge on any atom is 0.278 e. The molecular weight excluding hydrogens is 537 g/mol. The summed E-state index contributed by atoms with van der Waals surface area (Å²) in [5.41, 5.74) is 3.23. The SMILES string of the molecule is CC1CCN2C(=O)c3c(OCc4ccccc4)c(=O)ccn3N(C3c4ccccc4SCc4cccc(F)c43)C2C1. The van der Waals surface area contributed by atoms with E-state index in [4.69, 9.17) is 4.74 Å². The fourth-order valence-corrected chi connectivity index (χ4v) is 7.46. The van der Waals surface area contributed by atoms with Gasteiger partial charge in [-0.15, -0.1) is 11.8 Å². The molecule has 4 aromatic rings. The average Bonchev–Trinajstić information content (AvgIpc) is 3.15. The highest BCUT2D eigenvalue weighted by Gasteiger charge is 2.47. The van der Waals surface area contributed by atoms with Crippen LogP contribution in [0.15, 0.2) is 94.7 Å². The summed E-state index contributed by atoms with van der Waals surface area (Å²) in [6.07, 6.45) is 2.92. The van der Waals surface area contributed by atoms with Gasteiger partial charge in [0.1, 0.15) is 24.6 Å². The standard InChI is InChI=1S/C33H30FN3O3S/c1-21-14-16-35-28(18-21)37(30-24-11-5-6-13-27(24)41-20-23-10-7-12-25(34)29(23)30)36-17-15-26(38)32(31(36)33(35)39)40-19-22-8-3-2-4-9-22/h2-13,15,17,21,28,30H,14,16,18-20H2,1H3. The zero-order chi connectivity index (χ0) is 28.1. The van der Waals surface area contributed by atoms with Crippen LogP contribution in [0.4, 0.5) is 4.39 Å². The van der Waals surface area contributed by atoms with Gasteiger partial charge in [-0.25, -0.2) is 4.39 Å². The topological polar surface area (TPSA) is 54.8 Å². The Morgan fingerprint density at radius 3 is 2.63 bits per heavy atom. The van der Waals surface area contributed by atoms with E-state index in [1.165, 1.54) is 12.1 Å². The minimum Gasteiger partial charge on any atom is -0.482 e. The molecule has 3 aliphatic heterocycles. The third-order valence-electron chi connectivity index (χ3n) is 8.39. The number of rotatable bonds is 4. The first-order valence-corrected chi connectivity index (χ1v) is 15.0. The lowest BCUT2D eigenvalue weighted by Crippen LogP contribution is -2.64. The molecule has 0 radical (unpaired) electrons. The van der Waals surface area contributed by atoms with Crippen molar-refractivity contribution in [1.82, 2.24) is 9.58 Å². The van der Waals surface area contributed by atoms with Crippen LogP contribution in [0.2, 0.25) is 0 Å². The normalized spacial score (nSPS) is 21.3. The summed E-state index contributed by atoms with van der Waals surface area (Å²) in [7, 11) is 0. The summed E-state index contributed by atoms with van der Waals surface area (Å²) in [6.45, 7) is 2.90. The van der Waals surface area contributed by atoms with Crippen molar-refractivity contribution in [1.29, 1.82) is 0 Å². The molecular formula is C33H30FN3O3S. The molecule has 1 saturated heterocycles. The number of carbonyl (C=O) groups excluding carboxylic acids is 1. The predicted molar refractivity (Wildman–Crippen MR) is 157 cm³/mol. The van der Waals surface area contributed by atoms with E-state index in [2.05, 4.69) is 24.1 Å². The number of amides is 1. The van der Waals surface area contributed by atoms with Crippen LogP contribution >= 0.6 is 11.8 Å². The number of hydrogen-bond acceptors (Lipinski definition) is 5. The van der Waals surface area contributed by atoms with Crippen molar-refractivity contribution >= 4 is 17.7 Å². The molecule has 0 saturated carbocycles. The summed E-state index contributed by atoms with van der Waals surface area (Å²) < 4.78 is 23.9. The molecule has 0 bridgehead atoms. The predicted octanol–water partition coefficient (Wildman–Crippen LogP) is 6.11. The maximum atomic E-state index is 16.0. The second-order valence-electron chi connectivity index (χ2n) is 11.0. The molecule has 7 rings (SSSR count). The van der Waals surface area contributed by atoms with E-state index >= 15 is 4.39 Å². The summed E-state index contributed by atoms with van der Waals surface area (Å²) >= 11 is 1.69. The van der Waals surface area contributed by atoms with Crippen LogP contribution in [-0.2, 0) is 12.4 Å². The summed E-state index contributed by atoms with van der Waals surface area (Å²) in [6, 6.07) is 23.9. The highest BCUT2D eigenvalue weighted by molar-refractivity contribution is 7.98. The number of fused-ring (bicyclic) bond motifs is 4. The van der Waals surface area contributed by atoms with E-state index in [0.717, 1.165) is 34.4 Å². The van der Waals surface area contributed by atoms with E-state index in [0.29, 0.717) is 23.8 Å². The van der Waals surface area contributed by atoms with Crippen LogP contribution in [0.1, 0.15) is 58.5 Å². The molecule has 208 valence electrons. The Hall–Kier alpha value is -4.04. The van der Waals surface area contributed by atoms with Crippen LogP contribution in [0.3, 0.4) is 0 Å². The smallest absolute Gasteiger partial charge is 0.278 e. The van der Waals surface area contributed by atoms with Gasteiger partial charge < -0.3 is 9.64 Å². The van der Waals surface area contributed by atoms with Gasteiger partial charge >= 0.3 is 0 Å². The van der Waals surface area contributed by atoms with Gasteiger partial charge in [-0.2, -0.15) is 0 Å². The molecule has 0 N–H and O–H groups in total. The van der Waals surface area contributed by atoms with Gasteiger partial charge in [0.2, 0.25) is 5.43 Å². The number of ether oxygens (including phenoxy) is 1. The zero-order valence-corrected chi connectivity index (χ0v) is 23.5. The Kier molecular flexibility index (Phi) is 6.58. The molecule has 1 fully saturated rings. The van der Waals surface area contributed by atoms with Crippen molar-refractivity contribution in [2.24, 2.45) is 5.92 Å². The molecule has 41 heavy (non-hydrogen) atoms. The van der Waals surface area contributed by atoms with E-state index < -0.39 is 6.04 Å². The summed E-state index contributed by atoms with van der Waals surface area (Å²) in [5.74, 6) is 0.523. The van der Waals surface area contributed by atoms with E-state index in [9.17, 15) is 9.59 Å². The third-order valence-corrected chi connectivity index (χ3v) is 9.53. The highest BCUT2D eigenvalue weighted by Crippen LogP contribution is 2.46. The minimum atomic E-state index is -0.522. The first-order chi connectivity index (χ1) is 20.0. The maximum absolute atomic E-state index is 16.0. The molecule has 1 amide bonds. The molecule has 1 aromatic heterocycles. The van der Waals surface area contributed by atoms with Crippen LogP contribution in [-0.4, -0.2) is 28.2 Å². The van der Waals surface area contributed by atoms with Gasteiger partial charge in [0.25, 0.3) is 5.91 Å². The van der Waals surface area contributed by atoms with Crippen molar-refractivity contribution in [3.05, 3.63) is 129 Å². The molecule has 3 aromatic carbocycles. The van der Waals surface area contributed by atoms with E-state index in [-0.39, 0.29) is 41.4 Å². The third kappa shape index (κ3) is 4.41. The molecule has 3 unspecified atom stereocenters. The van der Waals surface area contributed by atoms with Crippen molar-refractivity contribution in [2.45, 2.75) is 49.2 Å². The van der Waals surface area contributed by atoms with Gasteiger partial charge in [0.05, 0.1) is 0 Å². The first kappa shape index (κ1) is 25.9. The number of aromatic nitrogens is 1. The van der Waals surface area contributed by atoms with Gasteiger partial charge in [0.15, 0.2) is 11.4 Å². The van der Waals surface area contributed by atoms with Crippen molar-refractivity contribution < 1.29 is 13.9 Å². The number of hydrogen-bond donors (Lipinski definition) is 0. The molecule has 4 heterocycles. The van der Waals surface area contributed by atoms with Crippen LogP contribution in [0, 0.1) is 11.7 Å². The quantitative estimate of drug-likeness (QED) is 0.298. The number of nitrogens with zero attached hydrogens (tertiary/aromatic N) is 3. The van der Waals surface area contributed by atoms with Crippen molar-refractivity contribution in [3.8, 4) is 5.75 Å². The number of halogens is 1. The zero-order valence-electron chi connectivity index (χ0n) is 22.7. The Balaban J connectivity index is 1.46. The van der Waals surface area contributed by atoms with E-state index in [1.54, 1.807) is 28.7 Å². The summed E-state index contributed by atoms with van der Waals surface area (Å²) in [5, 5.41) is 2.12. The second-order valence-corrected chi connectivity index (χ2v) is 12.0. The van der Waals surface area contributed by atoms with Crippen molar-refractivity contribution in [3.63, 3.8) is 0 Å². The van der Waals surface area contributed by atoms with E-state index in [1.807, 2.05) is 53.4 Å². The Bertz CT molecular complexity index is 1690.